The van der Waals surface area contributed by atoms with Gasteiger partial charge in [-0.3, -0.25) is 0 Å². The number of phenols is 1. The summed E-state index contributed by atoms with van der Waals surface area (Å²) in [5.41, 5.74) is -0.487. The Hall–Kier alpha value is -1.07. The highest BCUT2D eigenvalue weighted by molar-refractivity contribution is 7.89. The molecule has 0 unspecified atom stereocenters. The molecule has 0 aliphatic heterocycles. The van der Waals surface area contributed by atoms with E-state index in [1.807, 2.05) is 20.8 Å². The lowest BCUT2D eigenvalue weighted by Crippen LogP contribution is -2.43. The highest BCUT2D eigenvalue weighted by Gasteiger charge is 2.25. The van der Waals surface area contributed by atoms with E-state index in [0.29, 0.717) is 0 Å². The molecule has 0 amide bonds. The molecule has 0 heterocycles. The van der Waals surface area contributed by atoms with Crippen LogP contribution in [0.1, 0.15) is 33.6 Å². The summed E-state index contributed by atoms with van der Waals surface area (Å²) in [5.74, 6) is -0.0545. The van der Waals surface area contributed by atoms with E-state index in [0.717, 1.165) is 12.8 Å². The first-order valence-electron chi connectivity index (χ1n) is 5.60. The van der Waals surface area contributed by atoms with E-state index in [2.05, 4.69) is 4.72 Å². The highest BCUT2D eigenvalue weighted by Crippen LogP contribution is 2.19. The lowest BCUT2D eigenvalue weighted by Gasteiger charge is -2.25. The number of hydrogen-bond acceptors (Lipinski definition) is 3. The molecule has 1 aromatic rings. The molecule has 4 nitrogen and oxygen atoms in total. The zero-order valence-corrected chi connectivity index (χ0v) is 11.2. The molecular formula is C12H19NO3S. The topological polar surface area (TPSA) is 66.4 Å². The van der Waals surface area contributed by atoms with Crippen molar-refractivity contribution in [2.75, 3.05) is 0 Å². The van der Waals surface area contributed by atoms with Gasteiger partial charge in [0.2, 0.25) is 10.0 Å². The minimum atomic E-state index is -3.57. The van der Waals surface area contributed by atoms with E-state index < -0.39 is 15.6 Å². The van der Waals surface area contributed by atoms with Gasteiger partial charge in [-0.25, -0.2) is 13.1 Å². The van der Waals surface area contributed by atoms with Crippen LogP contribution in [0, 0.1) is 0 Å². The fourth-order valence-corrected chi connectivity index (χ4v) is 3.23. The van der Waals surface area contributed by atoms with Crippen molar-refractivity contribution in [1.82, 2.24) is 4.72 Å². The van der Waals surface area contributed by atoms with Gasteiger partial charge in [0.1, 0.15) is 5.75 Å². The maximum absolute atomic E-state index is 12.1. The Labute approximate surface area is 103 Å². The molecule has 0 aromatic heterocycles. The second-order valence-corrected chi connectivity index (χ2v) is 6.42. The summed E-state index contributed by atoms with van der Waals surface area (Å²) in [6.07, 6.45) is 1.65. The van der Waals surface area contributed by atoms with Crippen molar-refractivity contribution in [3.8, 4) is 5.75 Å². The number of hydrogen-bond donors (Lipinski definition) is 2. The van der Waals surface area contributed by atoms with E-state index in [9.17, 15) is 13.5 Å². The average molecular weight is 257 g/mol. The van der Waals surface area contributed by atoms with Crippen molar-refractivity contribution < 1.29 is 13.5 Å². The third-order valence-electron chi connectivity index (χ3n) is 2.41. The zero-order chi connectivity index (χ0) is 13.1. The molecule has 0 atom stereocenters. The summed E-state index contributed by atoms with van der Waals surface area (Å²) in [6, 6.07) is 5.65. The quantitative estimate of drug-likeness (QED) is 0.850. The molecule has 0 saturated carbocycles. The molecular weight excluding hydrogens is 238 g/mol. The van der Waals surface area contributed by atoms with Crippen LogP contribution in [-0.4, -0.2) is 19.1 Å². The number of sulfonamides is 1. The van der Waals surface area contributed by atoms with Gasteiger partial charge in [-0.05, 0) is 38.5 Å². The Morgan fingerprint density at radius 3 is 2.53 bits per heavy atom. The van der Waals surface area contributed by atoms with Gasteiger partial charge in [-0.15, -0.1) is 0 Å². The van der Waals surface area contributed by atoms with Gasteiger partial charge < -0.3 is 5.11 Å². The Morgan fingerprint density at radius 2 is 2.00 bits per heavy atom. The predicted octanol–water partition coefficient (Wildman–Crippen LogP) is 2.25. The summed E-state index contributed by atoms with van der Waals surface area (Å²) < 4.78 is 26.7. The summed E-state index contributed by atoms with van der Waals surface area (Å²) in [6.45, 7) is 5.69. The smallest absolute Gasteiger partial charge is 0.241 e. The van der Waals surface area contributed by atoms with Crippen molar-refractivity contribution in [3.05, 3.63) is 24.3 Å². The Morgan fingerprint density at radius 1 is 1.35 bits per heavy atom. The molecule has 0 spiro atoms. The van der Waals surface area contributed by atoms with Gasteiger partial charge in [-0.2, -0.15) is 0 Å². The van der Waals surface area contributed by atoms with Crippen LogP contribution in [-0.2, 0) is 10.0 Å². The molecule has 96 valence electrons. The Kier molecular flexibility index (Phi) is 4.16. The van der Waals surface area contributed by atoms with Crippen molar-refractivity contribution in [1.29, 1.82) is 0 Å². The van der Waals surface area contributed by atoms with E-state index in [4.69, 9.17) is 0 Å². The van der Waals surface area contributed by atoms with Crippen LogP contribution < -0.4 is 4.72 Å². The van der Waals surface area contributed by atoms with Gasteiger partial charge in [0.05, 0.1) is 4.90 Å². The molecule has 1 rings (SSSR count). The summed E-state index contributed by atoms with van der Waals surface area (Å²) in [4.78, 5) is 0.0849. The summed E-state index contributed by atoms with van der Waals surface area (Å²) in [5, 5.41) is 9.29. The minimum absolute atomic E-state index is 0.0545. The summed E-state index contributed by atoms with van der Waals surface area (Å²) in [7, 11) is -3.57. The minimum Gasteiger partial charge on any atom is -0.508 e. The number of benzene rings is 1. The highest BCUT2D eigenvalue weighted by atomic mass is 32.2. The van der Waals surface area contributed by atoms with E-state index >= 15 is 0 Å². The van der Waals surface area contributed by atoms with Crippen LogP contribution in [0.5, 0.6) is 5.75 Å². The van der Waals surface area contributed by atoms with Crippen molar-refractivity contribution in [2.24, 2.45) is 0 Å². The molecule has 0 radical (unpaired) electrons. The number of nitrogens with one attached hydrogen (secondary N) is 1. The van der Waals surface area contributed by atoms with Crippen LogP contribution in [0.25, 0.3) is 0 Å². The Bertz CT molecular complexity index is 480. The first-order chi connectivity index (χ1) is 7.77. The number of aromatic hydroxyl groups is 1. The zero-order valence-electron chi connectivity index (χ0n) is 10.4. The van der Waals surface area contributed by atoms with Gasteiger partial charge in [0, 0.05) is 5.54 Å². The molecule has 5 heteroatoms. The van der Waals surface area contributed by atoms with Gasteiger partial charge in [0.25, 0.3) is 0 Å². The SMILES string of the molecule is CCCC(C)(C)NS(=O)(=O)c1cccc(O)c1. The molecule has 17 heavy (non-hydrogen) atoms. The van der Waals surface area contributed by atoms with Crippen LogP contribution >= 0.6 is 0 Å². The van der Waals surface area contributed by atoms with Crippen LogP contribution in [0.3, 0.4) is 0 Å². The third kappa shape index (κ3) is 4.02. The van der Waals surface area contributed by atoms with Crippen molar-refractivity contribution >= 4 is 10.0 Å². The first-order valence-corrected chi connectivity index (χ1v) is 7.08. The van der Waals surface area contributed by atoms with Crippen molar-refractivity contribution in [3.63, 3.8) is 0 Å². The lowest BCUT2D eigenvalue weighted by atomic mass is 10.0. The van der Waals surface area contributed by atoms with Crippen LogP contribution in [0.2, 0.25) is 0 Å². The van der Waals surface area contributed by atoms with E-state index in [-0.39, 0.29) is 10.6 Å². The molecule has 0 bridgehead atoms. The predicted molar refractivity (Wildman–Crippen MR) is 67.4 cm³/mol. The normalized spacial score (nSPS) is 12.6. The van der Waals surface area contributed by atoms with E-state index in [1.54, 1.807) is 0 Å². The lowest BCUT2D eigenvalue weighted by molar-refractivity contribution is 0.417. The number of phenolic OH excluding ortho intramolecular Hbond substituents is 1. The van der Waals surface area contributed by atoms with Gasteiger partial charge in [-0.1, -0.05) is 19.4 Å². The largest absolute Gasteiger partial charge is 0.508 e. The van der Waals surface area contributed by atoms with Crippen LogP contribution in [0.15, 0.2) is 29.2 Å². The standard InChI is InChI=1S/C12H19NO3S/c1-4-8-12(2,3)13-17(15,16)11-7-5-6-10(14)9-11/h5-7,9,13-14H,4,8H2,1-3H3. The molecule has 2 N–H and O–H groups in total. The van der Waals surface area contributed by atoms with Gasteiger partial charge in [0.15, 0.2) is 0 Å². The van der Waals surface area contributed by atoms with Gasteiger partial charge >= 0.3 is 0 Å². The van der Waals surface area contributed by atoms with Crippen LogP contribution in [0.4, 0.5) is 0 Å². The molecule has 0 saturated heterocycles. The third-order valence-corrected chi connectivity index (χ3v) is 4.11. The average Bonchev–Trinajstić information content (AvgIpc) is 2.15. The fraction of sp³-hybridized carbons (Fsp3) is 0.500. The maximum Gasteiger partial charge on any atom is 0.241 e. The Balaban J connectivity index is 2.97. The summed E-state index contributed by atoms with van der Waals surface area (Å²) >= 11 is 0. The monoisotopic (exact) mass is 257 g/mol. The molecule has 0 aliphatic carbocycles. The number of rotatable bonds is 5. The second kappa shape index (κ2) is 5.06. The second-order valence-electron chi connectivity index (χ2n) is 4.74. The molecule has 1 aromatic carbocycles. The molecule has 0 fully saturated rings. The fourth-order valence-electron chi connectivity index (χ4n) is 1.75. The molecule has 0 aliphatic rings. The first kappa shape index (κ1) is 14.0. The van der Waals surface area contributed by atoms with E-state index in [1.165, 1.54) is 24.3 Å². The van der Waals surface area contributed by atoms with Crippen molar-refractivity contribution in [2.45, 2.75) is 44.0 Å². The maximum atomic E-state index is 12.1.